The smallest absolute Gasteiger partial charge is 0.307 e. The Balaban J connectivity index is 2.52. The molecule has 5 heteroatoms. The molecule has 4 atom stereocenters. The Morgan fingerprint density at radius 1 is 1.35 bits per heavy atom. The lowest BCUT2D eigenvalue weighted by Gasteiger charge is -2.16. The average Bonchev–Trinajstić information content (AvgIpc) is 2.67. The minimum atomic E-state index is -0.898. The molecule has 1 rings (SSSR count). The molecule has 98 valence electrons. The summed E-state index contributed by atoms with van der Waals surface area (Å²) < 4.78 is 0. The van der Waals surface area contributed by atoms with Crippen molar-refractivity contribution in [2.24, 2.45) is 17.8 Å². The average molecular weight is 243 g/mol. The molecule has 0 aromatic carbocycles. The molecular formula is C12H21NO4. The number of hydrogen-bond donors (Lipinski definition) is 3. The Labute approximate surface area is 101 Å². The Bertz CT molecular complexity index is 292. The maximum Gasteiger partial charge on any atom is 0.307 e. The Kier molecular flexibility index (Phi) is 4.93. The number of carbonyl (C=O) groups excluding carboxylic acids is 1. The standard InChI is InChI=1S/C12H21NO4/c1-3-8(14)6-13-11(15)9-4-7(2)5-10(9)12(16)17/h7-10,14H,3-6H2,1-2H3,(H,13,15)(H,16,17)/t7?,8?,9-,10+/m0/s1. The predicted molar refractivity (Wildman–Crippen MR) is 62.3 cm³/mol. The van der Waals surface area contributed by atoms with Crippen molar-refractivity contribution in [1.29, 1.82) is 0 Å². The molecule has 3 N–H and O–H groups in total. The number of aliphatic carboxylic acids is 1. The number of amides is 1. The second-order valence-electron chi connectivity index (χ2n) is 4.94. The van der Waals surface area contributed by atoms with Crippen LogP contribution in [0, 0.1) is 17.8 Å². The molecule has 0 radical (unpaired) electrons. The lowest BCUT2D eigenvalue weighted by atomic mass is 9.95. The maximum absolute atomic E-state index is 11.8. The lowest BCUT2D eigenvalue weighted by molar-refractivity contribution is -0.146. The van der Waals surface area contributed by atoms with E-state index in [4.69, 9.17) is 5.11 Å². The monoisotopic (exact) mass is 243 g/mol. The number of aliphatic hydroxyl groups is 1. The normalized spacial score (nSPS) is 29.9. The Morgan fingerprint density at radius 3 is 2.47 bits per heavy atom. The molecule has 17 heavy (non-hydrogen) atoms. The molecule has 0 aromatic rings. The molecule has 1 aliphatic carbocycles. The third kappa shape index (κ3) is 3.70. The van der Waals surface area contributed by atoms with Crippen LogP contribution >= 0.6 is 0 Å². The number of rotatable bonds is 5. The first-order chi connectivity index (χ1) is 7.95. The van der Waals surface area contributed by atoms with Crippen LogP contribution in [0.25, 0.3) is 0 Å². The number of carboxylic acids is 1. The molecule has 0 bridgehead atoms. The van der Waals surface area contributed by atoms with Crippen molar-refractivity contribution in [1.82, 2.24) is 5.32 Å². The fraction of sp³-hybridized carbons (Fsp3) is 0.833. The van der Waals surface area contributed by atoms with Crippen LogP contribution in [-0.4, -0.2) is 34.7 Å². The van der Waals surface area contributed by atoms with Crippen molar-refractivity contribution in [3.8, 4) is 0 Å². The SMILES string of the molecule is CCC(O)CNC(=O)[C@H]1CC(C)C[C@H]1C(=O)O. The van der Waals surface area contributed by atoms with Crippen LogP contribution in [0.2, 0.25) is 0 Å². The number of aliphatic hydroxyl groups excluding tert-OH is 1. The van der Waals surface area contributed by atoms with E-state index < -0.39 is 23.9 Å². The fourth-order valence-corrected chi connectivity index (χ4v) is 2.35. The van der Waals surface area contributed by atoms with Gasteiger partial charge in [0.1, 0.15) is 0 Å². The molecule has 1 saturated carbocycles. The van der Waals surface area contributed by atoms with Crippen LogP contribution in [0.15, 0.2) is 0 Å². The lowest BCUT2D eigenvalue weighted by Crippen LogP contribution is -2.39. The fourth-order valence-electron chi connectivity index (χ4n) is 2.35. The molecule has 0 saturated heterocycles. The van der Waals surface area contributed by atoms with Crippen molar-refractivity contribution in [2.45, 2.75) is 39.2 Å². The summed E-state index contributed by atoms with van der Waals surface area (Å²) in [6.07, 6.45) is 1.19. The van der Waals surface area contributed by atoms with E-state index in [0.29, 0.717) is 19.3 Å². The molecule has 0 aliphatic heterocycles. The highest BCUT2D eigenvalue weighted by Gasteiger charge is 2.41. The zero-order chi connectivity index (χ0) is 13.0. The minimum absolute atomic E-state index is 0.201. The van der Waals surface area contributed by atoms with Crippen LogP contribution in [0.4, 0.5) is 0 Å². The van der Waals surface area contributed by atoms with Crippen molar-refractivity contribution in [3.05, 3.63) is 0 Å². The van der Waals surface area contributed by atoms with Gasteiger partial charge in [0.25, 0.3) is 0 Å². The summed E-state index contributed by atoms with van der Waals surface area (Å²) in [5.41, 5.74) is 0. The predicted octanol–water partition coefficient (Wildman–Crippen LogP) is 0.620. The van der Waals surface area contributed by atoms with Gasteiger partial charge in [0.15, 0.2) is 0 Å². The van der Waals surface area contributed by atoms with Gasteiger partial charge in [-0.3, -0.25) is 9.59 Å². The summed E-state index contributed by atoms with van der Waals surface area (Å²) in [6, 6.07) is 0. The molecule has 2 unspecified atom stereocenters. The number of carboxylic acid groups (broad SMARTS) is 1. The largest absolute Gasteiger partial charge is 0.481 e. The zero-order valence-corrected chi connectivity index (χ0v) is 10.3. The van der Waals surface area contributed by atoms with Crippen LogP contribution in [0.1, 0.15) is 33.1 Å². The first-order valence-corrected chi connectivity index (χ1v) is 6.14. The molecule has 1 amide bonds. The quantitative estimate of drug-likeness (QED) is 0.660. The Morgan fingerprint density at radius 2 is 1.94 bits per heavy atom. The number of nitrogens with one attached hydrogen (secondary N) is 1. The number of carbonyl (C=O) groups is 2. The van der Waals surface area contributed by atoms with Crippen molar-refractivity contribution in [3.63, 3.8) is 0 Å². The molecule has 1 fully saturated rings. The molecule has 1 aliphatic rings. The van der Waals surface area contributed by atoms with Gasteiger partial charge in [0, 0.05) is 6.54 Å². The van der Waals surface area contributed by atoms with Crippen molar-refractivity contribution in [2.75, 3.05) is 6.54 Å². The van der Waals surface area contributed by atoms with Crippen LogP contribution < -0.4 is 5.32 Å². The minimum Gasteiger partial charge on any atom is -0.481 e. The molecule has 5 nitrogen and oxygen atoms in total. The summed E-state index contributed by atoms with van der Waals surface area (Å²) in [5, 5.41) is 21.0. The summed E-state index contributed by atoms with van der Waals surface area (Å²) in [6.45, 7) is 3.99. The molecular weight excluding hydrogens is 222 g/mol. The summed E-state index contributed by atoms with van der Waals surface area (Å²) in [5.74, 6) is -1.90. The van der Waals surface area contributed by atoms with E-state index in [0.717, 1.165) is 0 Å². The summed E-state index contributed by atoms with van der Waals surface area (Å²) in [7, 11) is 0. The maximum atomic E-state index is 11.8. The highest BCUT2D eigenvalue weighted by molar-refractivity contribution is 5.85. The van der Waals surface area contributed by atoms with E-state index in [1.54, 1.807) is 0 Å². The van der Waals surface area contributed by atoms with Gasteiger partial charge in [-0.15, -0.1) is 0 Å². The first kappa shape index (κ1) is 14.0. The van der Waals surface area contributed by atoms with Gasteiger partial charge in [0.05, 0.1) is 17.9 Å². The number of hydrogen-bond acceptors (Lipinski definition) is 3. The van der Waals surface area contributed by atoms with Crippen molar-refractivity contribution < 1.29 is 19.8 Å². The topological polar surface area (TPSA) is 86.6 Å². The molecule has 0 spiro atoms. The third-order valence-corrected chi connectivity index (χ3v) is 3.44. The van der Waals surface area contributed by atoms with Crippen LogP contribution in [0.3, 0.4) is 0 Å². The second-order valence-corrected chi connectivity index (χ2v) is 4.94. The zero-order valence-electron chi connectivity index (χ0n) is 10.3. The highest BCUT2D eigenvalue weighted by atomic mass is 16.4. The molecule has 0 heterocycles. The van der Waals surface area contributed by atoms with E-state index >= 15 is 0 Å². The van der Waals surface area contributed by atoms with Gasteiger partial charge < -0.3 is 15.5 Å². The van der Waals surface area contributed by atoms with Gasteiger partial charge in [-0.05, 0) is 25.2 Å². The van der Waals surface area contributed by atoms with Crippen molar-refractivity contribution >= 4 is 11.9 Å². The first-order valence-electron chi connectivity index (χ1n) is 6.14. The Hall–Kier alpha value is -1.10. The van der Waals surface area contributed by atoms with Gasteiger partial charge in [-0.25, -0.2) is 0 Å². The van der Waals surface area contributed by atoms with Gasteiger partial charge in [-0.1, -0.05) is 13.8 Å². The van der Waals surface area contributed by atoms with E-state index in [1.807, 2.05) is 13.8 Å². The highest BCUT2D eigenvalue weighted by Crippen LogP contribution is 2.36. The van der Waals surface area contributed by atoms with E-state index in [-0.39, 0.29) is 18.4 Å². The third-order valence-electron chi connectivity index (χ3n) is 3.44. The van der Waals surface area contributed by atoms with Gasteiger partial charge in [-0.2, -0.15) is 0 Å². The van der Waals surface area contributed by atoms with E-state index in [2.05, 4.69) is 5.32 Å². The van der Waals surface area contributed by atoms with E-state index in [9.17, 15) is 14.7 Å². The van der Waals surface area contributed by atoms with Gasteiger partial charge in [0.2, 0.25) is 5.91 Å². The second kappa shape index (κ2) is 6.00. The summed E-state index contributed by atoms with van der Waals surface area (Å²) in [4.78, 5) is 22.9. The molecule has 0 aromatic heterocycles. The summed E-state index contributed by atoms with van der Waals surface area (Å²) >= 11 is 0. The van der Waals surface area contributed by atoms with E-state index in [1.165, 1.54) is 0 Å². The van der Waals surface area contributed by atoms with Gasteiger partial charge >= 0.3 is 5.97 Å². The van der Waals surface area contributed by atoms with Crippen LogP contribution in [-0.2, 0) is 9.59 Å². The van der Waals surface area contributed by atoms with Crippen LogP contribution in [0.5, 0.6) is 0 Å².